The first-order valence-electron chi connectivity index (χ1n) is 8.09. The van der Waals surface area contributed by atoms with Crippen LogP contribution >= 0.6 is 23.3 Å². The lowest BCUT2D eigenvalue weighted by Crippen LogP contribution is -2.39. The monoisotopic (exact) mass is 405 g/mol. The number of primary sulfonamides is 1. The summed E-state index contributed by atoms with van der Waals surface area (Å²) < 4.78 is 37.3. The summed E-state index contributed by atoms with van der Waals surface area (Å²) in [5.74, 6) is 0. The van der Waals surface area contributed by atoms with Gasteiger partial charge in [-0.2, -0.15) is 0 Å². The van der Waals surface area contributed by atoms with Crippen LogP contribution in [0.1, 0.15) is 12.0 Å². The van der Waals surface area contributed by atoms with Gasteiger partial charge in [0.1, 0.15) is 4.21 Å². The first kappa shape index (κ1) is 19.2. The molecule has 1 aromatic heterocycles. The van der Waals surface area contributed by atoms with Crippen LogP contribution in [0.15, 0.2) is 20.2 Å². The van der Waals surface area contributed by atoms with Crippen LogP contribution in [0.4, 0.5) is 0 Å². The fourth-order valence-corrected chi connectivity index (χ4v) is 6.07. The van der Waals surface area contributed by atoms with E-state index in [1.54, 1.807) is 25.1 Å². The molecule has 10 heteroatoms. The van der Waals surface area contributed by atoms with E-state index in [2.05, 4.69) is 15.3 Å². The number of thiophene rings is 1. The van der Waals surface area contributed by atoms with Crippen molar-refractivity contribution in [2.24, 2.45) is 5.14 Å². The van der Waals surface area contributed by atoms with Crippen molar-refractivity contribution in [3.63, 3.8) is 0 Å². The summed E-state index contributed by atoms with van der Waals surface area (Å²) >= 11 is 2.82. The van der Waals surface area contributed by atoms with Crippen molar-refractivity contribution < 1.29 is 17.9 Å². The Labute approximate surface area is 156 Å². The second kappa shape index (κ2) is 8.38. The van der Waals surface area contributed by atoms with Crippen LogP contribution in [0.2, 0.25) is 0 Å². The highest BCUT2D eigenvalue weighted by Gasteiger charge is 2.25. The van der Waals surface area contributed by atoms with Gasteiger partial charge < -0.3 is 13.8 Å². The van der Waals surface area contributed by atoms with Gasteiger partial charge in [0.15, 0.2) is 0 Å². The fraction of sp³-hybridized carbons (Fsp3) is 0.600. The van der Waals surface area contributed by atoms with Crippen molar-refractivity contribution in [3.8, 4) is 0 Å². The average Bonchev–Trinajstić information content (AvgIpc) is 2.99. The van der Waals surface area contributed by atoms with E-state index in [4.69, 9.17) is 14.6 Å². The summed E-state index contributed by atoms with van der Waals surface area (Å²) in [6.07, 6.45) is 2.99. The fourth-order valence-electron chi connectivity index (χ4n) is 2.74. The molecule has 25 heavy (non-hydrogen) atoms. The molecule has 3 heterocycles. The zero-order valence-electron chi connectivity index (χ0n) is 14.1. The molecule has 0 amide bonds. The number of nitrogens with zero attached hydrogens (tertiary/aromatic N) is 2. The maximum Gasteiger partial charge on any atom is 0.247 e. The minimum Gasteiger partial charge on any atom is -0.385 e. The molecule has 0 aromatic carbocycles. The Hall–Kier alpha value is -0.620. The molecular formula is C15H23N3O4S3. The minimum atomic E-state index is -3.67. The normalized spacial score (nSPS) is 19.0. The maximum atomic E-state index is 11.6. The third kappa shape index (κ3) is 4.97. The van der Waals surface area contributed by atoms with Crippen LogP contribution in [0.5, 0.6) is 0 Å². The zero-order valence-corrected chi connectivity index (χ0v) is 16.6. The lowest BCUT2D eigenvalue weighted by atomic mass is 10.2. The van der Waals surface area contributed by atoms with Crippen LogP contribution in [-0.2, 0) is 19.5 Å². The molecule has 1 fully saturated rings. The SMILES string of the molecule is COCCCN1Sc2sc(S(N)(=O)=O)cc2C=C1CN1CCOCC1. The largest absolute Gasteiger partial charge is 0.385 e. The van der Waals surface area contributed by atoms with Crippen LogP contribution in [0.25, 0.3) is 6.08 Å². The van der Waals surface area contributed by atoms with E-state index in [-0.39, 0.29) is 4.21 Å². The molecule has 0 unspecified atom stereocenters. The summed E-state index contributed by atoms with van der Waals surface area (Å²) in [4.78, 5) is 2.36. The molecule has 7 nitrogen and oxygen atoms in total. The van der Waals surface area contributed by atoms with Gasteiger partial charge in [-0.15, -0.1) is 11.3 Å². The molecule has 0 bridgehead atoms. The molecule has 1 saturated heterocycles. The Morgan fingerprint density at radius 1 is 1.36 bits per heavy atom. The standard InChI is InChI=1S/C15H23N3O4S3/c1-21-6-2-3-18-13(11-17-4-7-22-8-5-17)9-12-10-14(25(16,19)20)23-15(12)24-18/h9-10H,2-8,11H2,1H3,(H2,16,19,20). The number of hydrogen-bond acceptors (Lipinski definition) is 8. The molecule has 0 saturated carbocycles. The number of morpholine rings is 1. The van der Waals surface area contributed by atoms with E-state index in [9.17, 15) is 8.42 Å². The van der Waals surface area contributed by atoms with E-state index >= 15 is 0 Å². The highest BCUT2D eigenvalue weighted by molar-refractivity contribution is 7.99. The first-order chi connectivity index (χ1) is 12.0. The van der Waals surface area contributed by atoms with Crippen molar-refractivity contribution >= 4 is 39.4 Å². The molecule has 2 N–H and O–H groups in total. The quantitative estimate of drug-likeness (QED) is 0.542. The molecule has 3 rings (SSSR count). The second-order valence-electron chi connectivity index (χ2n) is 5.92. The molecule has 140 valence electrons. The van der Waals surface area contributed by atoms with Crippen LogP contribution in [0, 0.1) is 0 Å². The smallest absolute Gasteiger partial charge is 0.247 e. The Morgan fingerprint density at radius 3 is 2.80 bits per heavy atom. The Morgan fingerprint density at radius 2 is 2.12 bits per heavy atom. The lowest BCUT2D eigenvalue weighted by molar-refractivity contribution is 0.0407. The Bertz CT molecular complexity index is 726. The van der Waals surface area contributed by atoms with Gasteiger partial charge in [0.25, 0.3) is 0 Å². The summed E-state index contributed by atoms with van der Waals surface area (Å²) in [6.45, 7) is 5.69. The van der Waals surface area contributed by atoms with Gasteiger partial charge in [0.05, 0.1) is 17.4 Å². The van der Waals surface area contributed by atoms with Gasteiger partial charge in [-0.1, -0.05) is 0 Å². The lowest BCUT2D eigenvalue weighted by Gasteiger charge is -2.34. The average molecular weight is 406 g/mol. The van der Waals surface area contributed by atoms with Crippen LogP contribution in [-0.4, -0.2) is 70.7 Å². The highest BCUT2D eigenvalue weighted by atomic mass is 32.3. The molecule has 0 atom stereocenters. The summed E-state index contributed by atoms with van der Waals surface area (Å²) in [7, 11) is -1.97. The number of hydrogen-bond donors (Lipinski definition) is 1. The van der Waals surface area contributed by atoms with E-state index in [1.807, 2.05) is 0 Å². The van der Waals surface area contributed by atoms with Crippen molar-refractivity contribution in [2.75, 3.05) is 53.1 Å². The van der Waals surface area contributed by atoms with Gasteiger partial charge in [-0.25, -0.2) is 13.6 Å². The molecule has 0 spiro atoms. The predicted molar refractivity (Wildman–Crippen MR) is 100.0 cm³/mol. The van der Waals surface area contributed by atoms with E-state index in [0.29, 0.717) is 6.61 Å². The first-order valence-corrected chi connectivity index (χ1v) is 11.2. The van der Waals surface area contributed by atoms with Gasteiger partial charge >= 0.3 is 0 Å². The predicted octanol–water partition coefficient (Wildman–Crippen LogP) is 1.43. The summed E-state index contributed by atoms with van der Waals surface area (Å²) in [5.41, 5.74) is 2.11. The molecular weight excluding hydrogens is 382 g/mol. The van der Waals surface area contributed by atoms with E-state index in [1.165, 1.54) is 17.0 Å². The number of rotatable bonds is 7. The topological polar surface area (TPSA) is 85.1 Å². The molecule has 0 radical (unpaired) electrons. The van der Waals surface area contributed by atoms with Gasteiger partial charge in [0.2, 0.25) is 10.0 Å². The third-order valence-corrected chi connectivity index (χ3v) is 7.90. The van der Waals surface area contributed by atoms with E-state index in [0.717, 1.165) is 55.6 Å². The molecule has 1 aromatic rings. The second-order valence-corrected chi connectivity index (χ2v) is 10.0. The van der Waals surface area contributed by atoms with Crippen molar-refractivity contribution in [3.05, 3.63) is 17.3 Å². The van der Waals surface area contributed by atoms with Gasteiger partial charge in [-0.3, -0.25) is 4.90 Å². The third-order valence-electron chi connectivity index (χ3n) is 4.02. The molecule has 0 aliphatic carbocycles. The zero-order chi connectivity index (χ0) is 17.9. The Kier molecular flexibility index (Phi) is 6.42. The van der Waals surface area contributed by atoms with Crippen LogP contribution in [0.3, 0.4) is 0 Å². The van der Waals surface area contributed by atoms with Crippen molar-refractivity contribution in [1.82, 2.24) is 9.21 Å². The molecule has 2 aliphatic rings. The number of ether oxygens (including phenoxy) is 2. The van der Waals surface area contributed by atoms with E-state index < -0.39 is 10.0 Å². The number of nitrogens with two attached hydrogens (primary N) is 1. The van der Waals surface area contributed by atoms with Gasteiger partial charge in [0, 0.05) is 51.2 Å². The van der Waals surface area contributed by atoms with Crippen molar-refractivity contribution in [1.29, 1.82) is 0 Å². The number of methoxy groups -OCH3 is 1. The Balaban J connectivity index is 1.81. The summed E-state index contributed by atoms with van der Waals surface area (Å²) in [5, 5.41) is 5.29. The number of sulfonamides is 1. The number of fused-ring (bicyclic) bond motifs is 1. The maximum absolute atomic E-state index is 11.6. The van der Waals surface area contributed by atoms with Crippen LogP contribution < -0.4 is 5.14 Å². The summed E-state index contributed by atoms with van der Waals surface area (Å²) in [6, 6.07) is 1.67. The van der Waals surface area contributed by atoms with Gasteiger partial charge in [-0.05, 0) is 30.5 Å². The van der Waals surface area contributed by atoms with Crippen molar-refractivity contribution in [2.45, 2.75) is 14.8 Å². The highest BCUT2D eigenvalue weighted by Crippen LogP contribution is 2.42. The minimum absolute atomic E-state index is 0.214. The molecule has 2 aliphatic heterocycles.